The van der Waals surface area contributed by atoms with Crippen molar-refractivity contribution in [2.24, 2.45) is 0 Å². The van der Waals surface area contributed by atoms with E-state index in [2.05, 4.69) is 20.7 Å². The summed E-state index contributed by atoms with van der Waals surface area (Å²) in [6.07, 6.45) is 1.59. The van der Waals surface area contributed by atoms with Crippen molar-refractivity contribution in [2.45, 2.75) is 22.6 Å². The quantitative estimate of drug-likeness (QED) is 0.694. The number of methoxy groups -OCH3 is 1. The molecule has 1 heterocycles. The molecule has 2 aromatic rings. The molecule has 1 N–H and O–H groups in total. The first-order valence-corrected chi connectivity index (χ1v) is 11.9. The molecule has 146 valence electrons. The maximum atomic E-state index is 12.9. The number of benzene rings is 2. The van der Waals surface area contributed by atoms with E-state index in [0.29, 0.717) is 17.6 Å². The van der Waals surface area contributed by atoms with Gasteiger partial charge in [-0.25, -0.2) is 16.8 Å². The van der Waals surface area contributed by atoms with Gasteiger partial charge in [0.1, 0.15) is 15.5 Å². The van der Waals surface area contributed by atoms with Crippen LogP contribution in [0.5, 0.6) is 5.75 Å². The van der Waals surface area contributed by atoms with E-state index in [0.717, 1.165) is 12.8 Å². The van der Waals surface area contributed by atoms with Crippen LogP contribution in [0, 0.1) is 0 Å². The fraction of sp³-hybridized carbons (Fsp3) is 0.294. The lowest BCUT2D eigenvalue weighted by Crippen LogP contribution is -2.29. The molecule has 0 aliphatic carbocycles. The molecular weight excluding hydrogens is 456 g/mol. The number of ether oxygens (including phenoxy) is 1. The van der Waals surface area contributed by atoms with Crippen molar-refractivity contribution in [2.75, 3.05) is 24.9 Å². The molecule has 0 saturated carbocycles. The Morgan fingerprint density at radius 3 is 2.33 bits per heavy atom. The second-order valence-corrected chi connectivity index (χ2v) is 10.5. The second kappa shape index (κ2) is 7.78. The number of hydrogen-bond donors (Lipinski definition) is 1. The molecule has 2 aromatic carbocycles. The number of sulfonamides is 2. The SMILES string of the molecule is COc1ccc(Br)cc1S(=O)(=O)Nc1ccccc1S(=O)(=O)N1CCCC1. The number of halogens is 1. The van der Waals surface area contributed by atoms with Gasteiger partial charge in [-0.1, -0.05) is 28.1 Å². The van der Waals surface area contributed by atoms with E-state index >= 15 is 0 Å². The lowest BCUT2D eigenvalue weighted by Gasteiger charge is -2.19. The number of anilines is 1. The summed E-state index contributed by atoms with van der Waals surface area (Å²) in [5, 5.41) is 0. The first kappa shape index (κ1) is 20.1. The Morgan fingerprint density at radius 2 is 1.67 bits per heavy atom. The van der Waals surface area contributed by atoms with Gasteiger partial charge in [-0.15, -0.1) is 0 Å². The summed E-state index contributed by atoms with van der Waals surface area (Å²) in [6.45, 7) is 0.867. The zero-order valence-electron chi connectivity index (χ0n) is 14.6. The first-order valence-electron chi connectivity index (χ1n) is 8.21. The summed E-state index contributed by atoms with van der Waals surface area (Å²) in [6, 6.07) is 10.6. The van der Waals surface area contributed by atoms with Crippen LogP contribution in [-0.4, -0.2) is 41.3 Å². The second-order valence-electron chi connectivity index (χ2n) is 6.01. The third-order valence-electron chi connectivity index (χ3n) is 4.23. The molecular formula is C17H19BrN2O5S2. The van der Waals surface area contributed by atoms with Crippen molar-refractivity contribution in [3.8, 4) is 5.75 Å². The van der Waals surface area contributed by atoms with E-state index in [1.807, 2.05) is 0 Å². The third-order valence-corrected chi connectivity index (χ3v) is 8.07. The largest absolute Gasteiger partial charge is 0.495 e. The van der Waals surface area contributed by atoms with E-state index in [-0.39, 0.29) is 21.2 Å². The molecule has 0 bridgehead atoms. The molecule has 0 aromatic heterocycles. The molecule has 0 spiro atoms. The monoisotopic (exact) mass is 474 g/mol. The van der Waals surface area contributed by atoms with E-state index in [1.165, 1.54) is 35.7 Å². The Labute approximate surface area is 167 Å². The van der Waals surface area contributed by atoms with Gasteiger partial charge in [-0.2, -0.15) is 4.31 Å². The Balaban J connectivity index is 2.03. The van der Waals surface area contributed by atoms with E-state index in [1.54, 1.807) is 18.2 Å². The molecule has 0 amide bonds. The van der Waals surface area contributed by atoms with Gasteiger partial charge in [0.25, 0.3) is 10.0 Å². The van der Waals surface area contributed by atoms with Crippen LogP contribution >= 0.6 is 15.9 Å². The lowest BCUT2D eigenvalue weighted by atomic mass is 10.3. The van der Waals surface area contributed by atoms with Crippen molar-refractivity contribution in [3.63, 3.8) is 0 Å². The van der Waals surface area contributed by atoms with E-state index < -0.39 is 20.0 Å². The van der Waals surface area contributed by atoms with Gasteiger partial charge in [0.2, 0.25) is 10.0 Å². The van der Waals surface area contributed by atoms with Crippen LogP contribution < -0.4 is 9.46 Å². The first-order chi connectivity index (χ1) is 12.8. The number of nitrogens with zero attached hydrogens (tertiary/aromatic N) is 1. The smallest absolute Gasteiger partial charge is 0.265 e. The van der Waals surface area contributed by atoms with Gasteiger partial charge in [0.15, 0.2) is 0 Å². The van der Waals surface area contributed by atoms with Crippen LogP contribution in [0.1, 0.15) is 12.8 Å². The van der Waals surface area contributed by atoms with Gasteiger partial charge in [0, 0.05) is 17.6 Å². The molecule has 1 aliphatic heterocycles. The normalized spacial score (nSPS) is 15.6. The van der Waals surface area contributed by atoms with Crippen molar-refractivity contribution < 1.29 is 21.6 Å². The third kappa shape index (κ3) is 4.13. The number of nitrogens with one attached hydrogen (secondary N) is 1. The minimum Gasteiger partial charge on any atom is -0.495 e. The van der Waals surface area contributed by atoms with Gasteiger partial charge in [-0.05, 0) is 43.2 Å². The highest BCUT2D eigenvalue weighted by molar-refractivity contribution is 9.10. The summed E-state index contributed by atoms with van der Waals surface area (Å²) < 4.78 is 61.1. The molecule has 0 radical (unpaired) electrons. The Kier molecular flexibility index (Phi) is 5.80. The molecule has 1 aliphatic rings. The predicted molar refractivity (Wildman–Crippen MR) is 106 cm³/mol. The van der Waals surface area contributed by atoms with Crippen LogP contribution in [-0.2, 0) is 20.0 Å². The predicted octanol–water partition coefficient (Wildman–Crippen LogP) is 3.04. The zero-order valence-corrected chi connectivity index (χ0v) is 17.8. The van der Waals surface area contributed by atoms with Crippen LogP contribution in [0.15, 0.2) is 56.7 Å². The van der Waals surface area contributed by atoms with E-state index in [9.17, 15) is 16.8 Å². The summed E-state index contributed by atoms with van der Waals surface area (Å²) in [5.41, 5.74) is 0.00595. The molecule has 0 atom stereocenters. The van der Waals surface area contributed by atoms with Crippen molar-refractivity contribution >= 4 is 41.7 Å². The summed E-state index contributed by atoms with van der Waals surface area (Å²) in [5.74, 6) is 0.158. The molecule has 7 nitrogen and oxygen atoms in total. The Bertz CT molecular complexity index is 1050. The average molecular weight is 475 g/mol. The van der Waals surface area contributed by atoms with Crippen LogP contribution in [0.25, 0.3) is 0 Å². The lowest BCUT2D eigenvalue weighted by molar-refractivity contribution is 0.403. The van der Waals surface area contributed by atoms with Crippen LogP contribution in [0.2, 0.25) is 0 Å². The highest BCUT2D eigenvalue weighted by Gasteiger charge is 2.31. The minimum atomic E-state index is -4.07. The van der Waals surface area contributed by atoms with Gasteiger partial charge in [0.05, 0.1) is 12.8 Å². The maximum absolute atomic E-state index is 12.9. The molecule has 10 heteroatoms. The molecule has 1 fully saturated rings. The summed E-state index contributed by atoms with van der Waals surface area (Å²) in [4.78, 5) is -0.155. The van der Waals surface area contributed by atoms with Crippen molar-refractivity contribution in [1.29, 1.82) is 0 Å². The zero-order chi connectivity index (χ0) is 19.7. The van der Waals surface area contributed by atoms with Gasteiger partial charge < -0.3 is 4.74 Å². The highest BCUT2D eigenvalue weighted by Crippen LogP contribution is 2.32. The molecule has 1 saturated heterocycles. The molecule has 27 heavy (non-hydrogen) atoms. The van der Waals surface area contributed by atoms with E-state index in [4.69, 9.17) is 4.74 Å². The van der Waals surface area contributed by atoms with Crippen LogP contribution in [0.3, 0.4) is 0 Å². The summed E-state index contributed by atoms with van der Waals surface area (Å²) in [7, 11) is -6.49. The number of para-hydroxylation sites is 1. The van der Waals surface area contributed by atoms with Gasteiger partial charge in [-0.3, -0.25) is 4.72 Å². The molecule has 0 unspecified atom stereocenters. The van der Waals surface area contributed by atoms with Gasteiger partial charge >= 0.3 is 0 Å². The minimum absolute atomic E-state index is 0.00595. The topological polar surface area (TPSA) is 92.8 Å². The fourth-order valence-corrected chi connectivity index (χ4v) is 6.42. The van der Waals surface area contributed by atoms with Crippen molar-refractivity contribution in [3.05, 3.63) is 46.9 Å². The van der Waals surface area contributed by atoms with Crippen LogP contribution in [0.4, 0.5) is 5.69 Å². The summed E-state index contributed by atoms with van der Waals surface area (Å²) >= 11 is 3.24. The Hall–Kier alpha value is -1.62. The highest BCUT2D eigenvalue weighted by atomic mass is 79.9. The molecule has 3 rings (SSSR count). The standard InChI is InChI=1S/C17H19BrN2O5S2/c1-25-15-9-8-13(18)12-17(15)26(21,22)19-14-6-2-3-7-16(14)27(23,24)20-10-4-5-11-20/h2-3,6-9,12,19H,4-5,10-11H2,1H3. The fourth-order valence-electron chi connectivity index (χ4n) is 2.90. The average Bonchev–Trinajstić information content (AvgIpc) is 3.17. The number of rotatable bonds is 6. The Morgan fingerprint density at radius 1 is 1.00 bits per heavy atom. The maximum Gasteiger partial charge on any atom is 0.265 e. The number of hydrogen-bond acceptors (Lipinski definition) is 5. The van der Waals surface area contributed by atoms with Crippen molar-refractivity contribution in [1.82, 2.24) is 4.31 Å².